The first kappa shape index (κ1) is 30.9. The second kappa shape index (κ2) is 14.2. The fraction of sp³-hybridized carbons (Fsp3) is 0.0968. The summed E-state index contributed by atoms with van der Waals surface area (Å²) in [6.07, 6.45) is 1.27. The summed E-state index contributed by atoms with van der Waals surface area (Å²) in [4.78, 5) is 38.3. The first-order valence-electron chi connectivity index (χ1n) is 12.4. The molecule has 10 nitrogen and oxygen atoms in total. The highest BCUT2D eigenvalue weighted by Crippen LogP contribution is 2.38. The molecule has 0 aliphatic rings. The Labute approximate surface area is 256 Å². The number of rotatable bonds is 10. The fourth-order valence-electron chi connectivity index (χ4n) is 3.71. The second-order valence-corrected chi connectivity index (χ2v) is 9.48. The van der Waals surface area contributed by atoms with Crippen LogP contribution in [0.5, 0.6) is 28.7 Å². The summed E-state index contributed by atoms with van der Waals surface area (Å²) >= 11 is 11.8. The van der Waals surface area contributed by atoms with Gasteiger partial charge < -0.3 is 23.7 Å². The average Bonchev–Trinajstić information content (AvgIpc) is 3.01. The van der Waals surface area contributed by atoms with Gasteiger partial charge in [0.1, 0.15) is 11.5 Å². The molecule has 0 aromatic heterocycles. The topological polar surface area (TPSA) is 122 Å². The molecule has 43 heavy (non-hydrogen) atoms. The van der Waals surface area contributed by atoms with Gasteiger partial charge in [-0.15, -0.1) is 0 Å². The summed E-state index contributed by atoms with van der Waals surface area (Å²) in [5, 5.41) is 4.92. The monoisotopic (exact) mass is 622 g/mol. The number of methoxy groups -OCH3 is 3. The molecule has 12 heteroatoms. The number of carbonyl (C=O) groups excluding carboxylic acids is 3. The van der Waals surface area contributed by atoms with Crippen molar-refractivity contribution in [3.8, 4) is 28.7 Å². The van der Waals surface area contributed by atoms with E-state index in [2.05, 4.69) is 10.5 Å². The molecule has 1 amide bonds. The Morgan fingerprint density at radius 3 is 1.70 bits per heavy atom. The Morgan fingerprint density at radius 2 is 1.19 bits per heavy atom. The molecule has 0 saturated carbocycles. The minimum atomic E-state index is -0.700. The number of hydrogen-bond acceptors (Lipinski definition) is 9. The van der Waals surface area contributed by atoms with Gasteiger partial charge in [-0.2, -0.15) is 5.10 Å². The lowest BCUT2D eigenvalue weighted by Crippen LogP contribution is -2.18. The van der Waals surface area contributed by atoms with Crippen LogP contribution < -0.4 is 29.1 Å². The lowest BCUT2D eigenvalue weighted by Gasteiger charge is -2.13. The van der Waals surface area contributed by atoms with E-state index in [1.165, 1.54) is 82.1 Å². The number of carbonyl (C=O) groups is 3. The van der Waals surface area contributed by atoms with Gasteiger partial charge >= 0.3 is 11.9 Å². The van der Waals surface area contributed by atoms with Gasteiger partial charge in [-0.05, 0) is 72.8 Å². The minimum absolute atomic E-state index is 0.00661. The molecule has 4 aromatic rings. The summed E-state index contributed by atoms with van der Waals surface area (Å²) in [5.74, 6) is -0.922. The Morgan fingerprint density at radius 1 is 0.651 bits per heavy atom. The zero-order chi connectivity index (χ0) is 30.9. The van der Waals surface area contributed by atoms with E-state index in [0.29, 0.717) is 21.4 Å². The van der Waals surface area contributed by atoms with Crippen LogP contribution in [0.4, 0.5) is 0 Å². The summed E-state index contributed by atoms with van der Waals surface area (Å²) in [6.45, 7) is 0. The van der Waals surface area contributed by atoms with E-state index in [-0.39, 0.29) is 39.7 Å². The second-order valence-electron chi connectivity index (χ2n) is 8.61. The predicted octanol–water partition coefficient (Wildman–Crippen LogP) is 6.22. The van der Waals surface area contributed by atoms with E-state index in [4.69, 9.17) is 46.9 Å². The fourth-order valence-corrected chi connectivity index (χ4v) is 3.96. The molecular weight excluding hydrogens is 599 g/mol. The highest BCUT2D eigenvalue weighted by molar-refractivity contribution is 6.31. The van der Waals surface area contributed by atoms with Crippen LogP contribution in [-0.2, 0) is 0 Å². The third-order valence-electron chi connectivity index (χ3n) is 5.85. The van der Waals surface area contributed by atoms with Crippen LogP contribution in [0.3, 0.4) is 0 Å². The van der Waals surface area contributed by atoms with Crippen molar-refractivity contribution in [3.63, 3.8) is 0 Å². The number of hydrogen-bond donors (Lipinski definition) is 1. The van der Waals surface area contributed by atoms with Crippen molar-refractivity contribution in [2.75, 3.05) is 21.3 Å². The number of amides is 1. The summed E-state index contributed by atoms with van der Waals surface area (Å²) in [7, 11) is 4.31. The number of nitrogens with zero attached hydrogens (tertiary/aromatic N) is 1. The van der Waals surface area contributed by atoms with Crippen LogP contribution in [0.2, 0.25) is 10.0 Å². The summed E-state index contributed by atoms with van der Waals surface area (Å²) in [6, 6.07) is 19.5. The van der Waals surface area contributed by atoms with Gasteiger partial charge in [0.05, 0.1) is 38.7 Å². The number of halogens is 2. The molecule has 0 aliphatic carbocycles. The number of benzene rings is 4. The van der Waals surface area contributed by atoms with Crippen molar-refractivity contribution in [1.29, 1.82) is 0 Å². The van der Waals surface area contributed by atoms with Gasteiger partial charge in [-0.3, -0.25) is 4.79 Å². The number of hydrazone groups is 1. The van der Waals surface area contributed by atoms with Crippen molar-refractivity contribution >= 4 is 47.3 Å². The maximum Gasteiger partial charge on any atom is 0.343 e. The Kier molecular flexibility index (Phi) is 10.2. The van der Waals surface area contributed by atoms with E-state index in [1.54, 1.807) is 24.3 Å². The molecule has 220 valence electrons. The molecule has 0 saturated heterocycles. The lowest BCUT2D eigenvalue weighted by molar-refractivity contribution is 0.0732. The molecule has 1 N–H and O–H groups in total. The van der Waals surface area contributed by atoms with Gasteiger partial charge in [0.15, 0.2) is 11.5 Å². The van der Waals surface area contributed by atoms with Crippen LogP contribution in [-0.4, -0.2) is 45.4 Å². The van der Waals surface area contributed by atoms with Crippen LogP contribution in [0.25, 0.3) is 0 Å². The van der Waals surface area contributed by atoms with Gasteiger partial charge in [-0.25, -0.2) is 15.0 Å². The summed E-state index contributed by atoms with van der Waals surface area (Å²) in [5.41, 5.74) is 3.38. The van der Waals surface area contributed by atoms with Crippen molar-refractivity contribution in [3.05, 3.63) is 111 Å². The SMILES string of the molecule is COc1cc(C(=O)N/N=C\c2ccc(OC(=O)c3ccc(Cl)cc3)cc2OC(=O)c2ccc(Cl)cc2)cc(OC)c1OC. The first-order valence-corrected chi connectivity index (χ1v) is 13.2. The van der Waals surface area contributed by atoms with Crippen LogP contribution in [0.15, 0.2) is 84.0 Å². The Hall–Kier alpha value is -5.06. The summed E-state index contributed by atoms with van der Waals surface area (Å²) < 4.78 is 26.9. The molecule has 0 atom stereocenters. The van der Waals surface area contributed by atoms with Crippen LogP contribution >= 0.6 is 23.2 Å². The van der Waals surface area contributed by atoms with E-state index >= 15 is 0 Å². The average molecular weight is 623 g/mol. The molecule has 0 bridgehead atoms. The quantitative estimate of drug-likeness (QED) is 0.0957. The zero-order valence-electron chi connectivity index (χ0n) is 23.1. The standard InChI is InChI=1S/C31H24Cl2N2O8/c1-39-26-14-21(15-27(40-2)28(26)41-3)29(36)35-34-17-20-8-13-24(42-30(37)18-4-9-22(32)10-5-18)16-25(20)43-31(38)19-6-11-23(33)12-7-19/h4-17H,1-3H3,(H,35,36)/b34-17-. The van der Waals surface area contributed by atoms with E-state index in [1.807, 2.05) is 0 Å². The van der Waals surface area contributed by atoms with E-state index in [9.17, 15) is 14.4 Å². The zero-order valence-corrected chi connectivity index (χ0v) is 24.6. The van der Waals surface area contributed by atoms with Crippen LogP contribution in [0, 0.1) is 0 Å². The highest BCUT2D eigenvalue weighted by Gasteiger charge is 2.18. The number of ether oxygens (including phenoxy) is 5. The Bertz CT molecular complexity index is 1650. The van der Waals surface area contributed by atoms with Crippen molar-refractivity contribution < 1.29 is 38.1 Å². The van der Waals surface area contributed by atoms with E-state index < -0.39 is 17.8 Å². The predicted molar refractivity (Wildman–Crippen MR) is 160 cm³/mol. The molecule has 0 heterocycles. The molecule has 0 fully saturated rings. The van der Waals surface area contributed by atoms with Gasteiger partial charge in [0.2, 0.25) is 5.75 Å². The molecular formula is C31H24Cl2N2O8. The van der Waals surface area contributed by atoms with Gasteiger partial charge in [0.25, 0.3) is 5.91 Å². The van der Waals surface area contributed by atoms with E-state index in [0.717, 1.165) is 0 Å². The smallest absolute Gasteiger partial charge is 0.343 e. The van der Waals surface area contributed by atoms with Crippen LogP contribution in [0.1, 0.15) is 36.6 Å². The molecule has 0 unspecified atom stereocenters. The molecule has 0 spiro atoms. The molecule has 0 radical (unpaired) electrons. The highest BCUT2D eigenvalue weighted by atomic mass is 35.5. The van der Waals surface area contributed by atoms with Gasteiger partial charge in [-0.1, -0.05) is 23.2 Å². The van der Waals surface area contributed by atoms with Crippen molar-refractivity contribution in [2.24, 2.45) is 5.10 Å². The minimum Gasteiger partial charge on any atom is -0.493 e. The maximum atomic E-state index is 12.9. The van der Waals surface area contributed by atoms with Crippen molar-refractivity contribution in [2.45, 2.75) is 0 Å². The number of nitrogens with one attached hydrogen (secondary N) is 1. The molecule has 4 rings (SSSR count). The largest absolute Gasteiger partial charge is 0.493 e. The normalized spacial score (nSPS) is 10.6. The molecule has 4 aromatic carbocycles. The Balaban J connectivity index is 1.58. The lowest BCUT2D eigenvalue weighted by atomic mass is 10.1. The third kappa shape index (κ3) is 7.82. The maximum absolute atomic E-state index is 12.9. The molecule has 0 aliphatic heterocycles. The van der Waals surface area contributed by atoms with Crippen molar-refractivity contribution in [1.82, 2.24) is 5.43 Å². The van der Waals surface area contributed by atoms with Gasteiger partial charge in [0, 0.05) is 27.2 Å². The third-order valence-corrected chi connectivity index (χ3v) is 6.36. The first-order chi connectivity index (χ1) is 20.7. The number of esters is 2.